The van der Waals surface area contributed by atoms with Gasteiger partial charge in [0.15, 0.2) is 0 Å². The summed E-state index contributed by atoms with van der Waals surface area (Å²) in [7, 11) is 0. The number of rotatable bonds is 6. The summed E-state index contributed by atoms with van der Waals surface area (Å²) in [6, 6.07) is 14.8. The first-order valence-electron chi connectivity index (χ1n) is 13.6. The fourth-order valence-electron chi connectivity index (χ4n) is 7.82. The molecule has 3 N–H and O–H groups in total. The van der Waals surface area contributed by atoms with Gasteiger partial charge in [-0.25, -0.2) is 15.0 Å². The minimum atomic E-state index is -1.07. The number of carboxylic acid groups (broad SMARTS) is 1. The molecule has 1 aromatic heterocycles. The van der Waals surface area contributed by atoms with E-state index in [1.807, 2.05) is 36.6 Å². The van der Waals surface area contributed by atoms with Gasteiger partial charge >= 0.3 is 12.0 Å². The summed E-state index contributed by atoms with van der Waals surface area (Å²) >= 11 is 6.17. The Labute approximate surface area is 233 Å². The van der Waals surface area contributed by atoms with Crippen LogP contribution in [0.1, 0.15) is 71.4 Å². The van der Waals surface area contributed by atoms with E-state index in [9.17, 15) is 14.7 Å². The normalized spacial score (nSPS) is 25.3. The average molecular weight is 545 g/mol. The third-order valence-corrected chi connectivity index (χ3v) is 9.39. The third kappa shape index (κ3) is 4.84. The maximum Gasteiger partial charge on any atom is 0.339 e. The zero-order valence-corrected chi connectivity index (χ0v) is 23.0. The van der Waals surface area contributed by atoms with Gasteiger partial charge in [0.2, 0.25) is 0 Å². The Balaban J connectivity index is 1.09. The molecule has 4 fully saturated rings. The Morgan fingerprint density at radius 2 is 1.64 bits per heavy atom. The number of halogens is 1. The smallest absolute Gasteiger partial charge is 0.339 e. The van der Waals surface area contributed by atoms with Gasteiger partial charge in [0, 0.05) is 28.3 Å². The lowest BCUT2D eigenvalue weighted by atomic mass is 9.48. The number of carboxylic acids is 1. The Kier molecular flexibility index (Phi) is 6.50. The molecule has 3 aromatic rings. The van der Waals surface area contributed by atoms with Crippen molar-refractivity contribution in [2.24, 2.45) is 22.9 Å². The van der Waals surface area contributed by atoms with Crippen LogP contribution in [0.15, 0.2) is 53.6 Å². The second kappa shape index (κ2) is 9.87. The highest BCUT2D eigenvalue weighted by atomic mass is 35.5. The van der Waals surface area contributed by atoms with Crippen molar-refractivity contribution in [1.29, 1.82) is 0 Å². The summed E-state index contributed by atoms with van der Waals surface area (Å²) in [6.07, 6.45) is 9.85. The number of carbonyl (C=O) groups is 2. The van der Waals surface area contributed by atoms with Crippen LogP contribution >= 0.6 is 11.6 Å². The standard InChI is InChI=1S/C31H33ClN4O3/c1-18-9-23(19(2)36(18)26-7-8-27(29(37)38)28(32)13-26)17-33-35-30(39)34-25-5-3-24(4-6-25)31-14-20-10-21(15-31)12-22(11-20)16-31/h3-9,13,17,20-22H,10-12,14-16H2,1-2H3,(H,37,38)(H2,34,35,39)/b33-17+. The number of aromatic nitrogens is 1. The summed E-state index contributed by atoms with van der Waals surface area (Å²) in [5, 5.41) is 16.4. The van der Waals surface area contributed by atoms with Crippen LogP contribution in [0.25, 0.3) is 5.69 Å². The van der Waals surface area contributed by atoms with E-state index in [1.54, 1.807) is 18.3 Å². The van der Waals surface area contributed by atoms with E-state index in [1.165, 1.54) is 50.2 Å². The predicted octanol–water partition coefficient (Wildman–Crippen LogP) is 7.07. The Morgan fingerprint density at radius 1 is 1.00 bits per heavy atom. The molecular formula is C31H33ClN4O3. The average Bonchev–Trinajstić information content (AvgIpc) is 3.16. The molecule has 8 heteroatoms. The van der Waals surface area contributed by atoms with Gasteiger partial charge in [0.1, 0.15) is 0 Å². The fraction of sp³-hybridized carbons (Fsp3) is 0.387. The summed E-state index contributed by atoms with van der Waals surface area (Å²) < 4.78 is 1.96. The maximum absolute atomic E-state index is 12.5. The molecule has 0 saturated heterocycles. The Bertz CT molecular complexity index is 1440. The lowest BCUT2D eigenvalue weighted by molar-refractivity contribution is -0.00518. The number of nitrogens with one attached hydrogen (secondary N) is 2. The number of aromatic carboxylic acids is 1. The van der Waals surface area contributed by atoms with Crippen LogP contribution in [0.3, 0.4) is 0 Å². The molecule has 0 atom stereocenters. The van der Waals surface area contributed by atoms with Crippen LogP contribution < -0.4 is 10.7 Å². The molecule has 4 aliphatic rings. The van der Waals surface area contributed by atoms with Crippen LogP contribution in [-0.4, -0.2) is 27.9 Å². The first-order valence-corrected chi connectivity index (χ1v) is 14.0. The molecule has 2 amide bonds. The van der Waals surface area contributed by atoms with Crippen LogP contribution in [0, 0.1) is 31.6 Å². The summed E-state index contributed by atoms with van der Waals surface area (Å²) in [6.45, 7) is 3.87. The van der Waals surface area contributed by atoms with E-state index in [0.717, 1.165) is 46.1 Å². The van der Waals surface area contributed by atoms with Crippen LogP contribution in [0.4, 0.5) is 10.5 Å². The van der Waals surface area contributed by atoms with Gasteiger partial charge in [0.25, 0.3) is 0 Å². The lowest BCUT2D eigenvalue weighted by Gasteiger charge is -2.57. The second-order valence-corrected chi connectivity index (χ2v) is 12.1. The first-order chi connectivity index (χ1) is 18.7. The van der Waals surface area contributed by atoms with Crippen LogP contribution in [0.2, 0.25) is 5.02 Å². The van der Waals surface area contributed by atoms with Gasteiger partial charge in [-0.15, -0.1) is 0 Å². The van der Waals surface area contributed by atoms with Crippen molar-refractivity contribution >= 4 is 35.5 Å². The predicted molar refractivity (Wildman–Crippen MR) is 153 cm³/mol. The minimum Gasteiger partial charge on any atom is -0.478 e. The molecule has 0 radical (unpaired) electrons. The topological polar surface area (TPSA) is 95.7 Å². The number of anilines is 1. The van der Waals surface area contributed by atoms with Crippen molar-refractivity contribution in [1.82, 2.24) is 9.99 Å². The molecule has 0 aliphatic heterocycles. The highest BCUT2D eigenvalue weighted by Gasteiger charge is 2.51. The van der Waals surface area contributed by atoms with Crippen LogP contribution in [0.5, 0.6) is 0 Å². The molecule has 39 heavy (non-hydrogen) atoms. The van der Waals surface area contributed by atoms with Crippen molar-refractivity contribution in [2.75, 3.05) is 5.32 Å². The zero-order valence-electron chi connectivity index (χ0n) is 22.2. The van der Waals surface area contributed by atoms with E-state index < -0.39 is 12.0 Å². The fourth-order valence-corrected chi connectivity index (χ4v) is 8.08. The number of hydrogen-bond donors (Lipinski definition) is 3. The number of carbonyl (C=O) groups excluding carboxylic acids is 1. The molecule has 4 saturated carbocycles. The van der Waals surface area contributed by atoms with Gasteiger partial charge in [0.05, 0.1) is 16.8 Å². The van der Waals surface area contributed by atoms with Crippen LogP contribution in [-0.2, 0) is 5.41 Å². The number of benzene rings is 2. The molecule has 7 nitrogen and oxygen atoms in total. The van der Waals surface area contributed by atoms with Crippen molar-refractivity contribution in [3.63, 3.8) is 0 Å². The van der Waals surface area contributed by atoms with E-state index >= 15 is 0 Å². The molecule has 4 aliphatic carbocycles. The Morgan fingerprint density at radius 3 is 2.23 bits per heavy atom. The van der Waals surface area contributed by atoms with E-state index in [4.69, 9.17) is 11.6 Å². The van der Waals surface area contributed by atoms with Crippen molar-refractivity contribution < 1.29 is 14.7 Å². The zero-order chi connectivity index (χ0) is 27.3. The van der Waals surface area contributed by atoms with Crippen molar-refractivity contribution in [3.05, 3.63) is 81.6 Å². The SMILES string of the molecule is Cc1cc(/C=N/NC(=O)Nc2ccc(C34CC5CC(CC(C5)C3)C4)cc2)c(C)n1-c1ccc(C(=O)O)c(Cl)c1. The first kappa shape index (κ1) is 25.7. The molecule has 0 spiro atoms. The van der Waals surface area contributed by atoms with Crippen molar-refractivity contribution in [3.8, 4) is 5.69 Å². The summed E-state index contributed by atoms with van der Waals surface area (Å²) in [5.41, 5.74) is 8.52. The number of hydrazone groups is 1. The van der Waals surface area contributed by atoms with Gasteiger partial charge in [-0.05, 0) is 118 Å². The quantitative estimate of drug-likeness (QED) is 0.229. The van der Waals surface area contributed by atoms with Gasteiger partial charge in [-0.2, -0.15) is 5.10 Å². The molecular weight excluding hydrogens is 512 g/mol. The molecule has 1 heterocycles. The van der Waals surface area contributed by atoms with Gasteiger partial charge in [-0.3, -0.25) is 0 Å². The molecule has 2 aromatic carbocycles. The molecule has 7 rings (SSSR count). The molecule has 0 unspecified atom stereocenters. The summed E-state index contributed by atoms with van der Waals surface area (Å²) in [5.74, 6) is 1.63. The lowest BCUT2D eigenvalue weighted by Crippen LogP contribution is -2.48. The highest BCUT2D eigenvalue weighted by molar-refractivity contribution is 6.33. The largest absolute Gasteiger partial charge is 0.478 e. The number of aryl methyl sites for hydroxylation is 1. The summed E-state index contributed by atoms with van der Waals surface area (Å²) in [4.78, 5) is 23.8. The van der Waals surface area contributed by atoms with Gasteiger partial charge < -0.3 is 15.0 Å². The number of hydrogen-bond acceptors (Lipinski definition) is 3. The maximum atomic E-state index is 12.5. The monoisotopic (exact) mass is 544 g/mol. The van der Waals surface area contributed by atoms with E-state index in [0.29, 0.717) is 5.41 Å². The molecule has 4 bridgehead atoms. The molecule has 202 valence electrons. The second-order valence-electron chi connectivity index (χ2n) is 11.7. The number of nitrogens with zero attached hydrogens (tertiary/aromatic N) is 2. The number of urea groups is 1. The van der Waals surface area contributed by atoms with Gasteiger partial charge in [-0.1, -0.05) is 23.7 Å². The number of amides is 2. The van der Waals surface area contributed by atoms with E-state index in [2.05, 4.69) is 28.0 Å². The van der Waals surface area contributed by atoms with Crippen molar-refractivity contribution in [2.45, 2.75) is 57.8 Å². The Hall–Kier alpha value is -3.58. The minimum absolute atomic E-state index is 0.0577. The third-order valence-electron chi connectivity index (χ3n) is 9.07. The highest BCUT2D eigenvalue weighted by Crippen LogP contribution is 2.60. The van der Waals surface area contributed by atoms with E-state index in [-0.39, 0.29) is 10.6 Å².